The van der Waals surface area contributed by atoms with Crippen LogP contribution in [0.1, 0.15) is 18.1 Å². The topological polar surface area (TPSA) is 55.6 Å². The maximum absolute atomic E-state index is 14.1. The lowest BCUT2D eigenvalue weighted by molar-refractivity contribution is -0.139. The Hall–Kier alpha value is -2.49. The number of alkyl halides is 3. The Bertz CT molecular complexity index is 836. The summed E-state index contributed by atoms with van der Waals surface area (Å²) in [6.45, 7) is 4.85. The highest BCUT2D eigenvalue weighted by Gasteiger charge is 2.38. The van der Waals surface area contributed by atoms with Gasteiger partial charge in [-0.2, -0.15) is 23.3 Å². The Morgan fingerprint density at radius 1 is 1.15 bits per heavy atom. The highest BCUT2D eigenvalue weighted by atomic mass is 19.4. The maximum atomic E-state index is 14.1. The van der Waals surface area contributed by atoms with Crippen LogP contribution in [0.2, 0.25) is 0 Å². The van der Waals surface area contributed by atoms with E-state index in [4.69, 9.17) is 0 Å². The molecule has 0 atom stereocenters. The maximum Gasteiger partial charge on any atom is 0.419 e. The van der Waals surface area contributed by atoms with Crippen molar-refractivity contribution < 1.29 is 17.6 Å². The number of halogens is 4. The molecule has 0 aromatic heterocycles. The van der Waals surface area contributed by atoms with Gasteiger partial charge in [0, 0.05) is 31.7 Å². The van der Waals surface area contributed by atoms with Crippen LogP contribution in [0, 0.1) is 5.82 Å². The summed E-state index contributed by atoms with van der Waals surface area (Å²) in [6.07, 6.45) is -4.79. The Kier molecular flexibility index (Phi) is 3.94. The van der Waals surface area contributed by atoms with Crippen LogP contribution >= 0.6 is 0 Å². The summed E-state index contributed by atoms with van der Waals surface area (Å²) < 4.78 is 53.3. The van der Waals surface area contributed by atoms with Crippen molar-refractivity contribution in [3.63, 3.8) is 0 Å². The average Bonchev–Trinajstić information content (AvgIpc) is 2.60. The second-order valence-electron chi connectivity index (χ2n) is 6.28. The number of fused-ring (bicyclic) bond motifs is 3. The molecule has 26 heavy (non-hydrogen) atoms. The van der Waals surface area contributed by atoms with Crippen molar-refractivity contribution in [3.05, 3.63) is 29.1 Å². The zero-order chi connectivity index (χ0) is 18.5. The highest BCUT2D eigenvalue weighted by molar-refractivity contribution is 6.16. The van der Waals surface area contributed by atoms with E-state index in [0.29, 0.717) is 31.4 Å². The zero-order valence-electron chi connectivity index (χ0n) is 13.9. The minimum absolute atomic E-state index is 0.0528. The molecule has 1 aromatic rings. The largest absolute Gasteiger partial charge is 0.419 e. The third kappa shape index (κ3) is 2.83. The molecule has 0 amide bonds. The van der Waals surface area contributed by atoms with Crippen molar-refractivity contribution in [1.82, 2.24) is 15.2 Å². The van der Waals surface area contributed by atoms with Crippen LogP contribution in [0.3, 0.4) is 0 Å². The van der Waals surface area contributed by atoms with Crippen LogP contribution in [0.15, 0.2) is 27.2 Å². The Morgan fingerprint density at radius 2 is 1.88 bits per heavy atom. The van der Waals surface area contributed by atoms with Crippen LogP contribution < -0.4 is 5.32 Å². The van der Waals surface area contributed by atoms with Crippen molar-refractivity contribution >= 4 is 23.2 Å². The van der Waals surface area contributed by atoms with Gasteiger partial charge in [0.1, 0.15) is 5.82 Å². The number of hydrogen-bond acceptors (Lipinski definition) is 6. The summed E-state index contributed by atoms with van der Waals surface area (Å²) in [7, 11) is 0. The quantitative estimate of drug-likeness (QED) is 0.715. The summed E-state index contributed by atoms with van der Waals surface area (Å²) in [6, 6.07) is 1.59. The first-order chi connectivity index (χ1) is 12.3. The molecule has 0 aliphatic carbocycles. The van der Waals surface area contributed by atoms with E-state index in [1.165, 1.54) is 5.01 Å². The molecule has 0 spiro atoms. The molecule has 6 nitrogen and oxygen atoms in total. The Balaban J connectivity index is 1.87. The molecule has 10 heteroatoms. The summed E-state index contributed by atoms with van der Waals surface area (Å²) in [4.78, 5) is 10.7. The highest BCUT2D eigenvalue weighted by Crippen LogP contribution is 2.38. The second kappa shape index (κ2) is 6.04. The monoisotopic (exact) mass is 368 g/mol. The molecular weight excluding hydrogens is 352 g/mol. The number of nitrogens with one attached hydrogen (secondary N) is 1. The van der Waals surface area contributed by atoms with E-state index in [0.717, 1.165) is 30.9 Å². The molecule has 4 rings (SSSR count). The predicted molar refractivity (Wildman–Crippen MR) is 89.3 cm³/mol. The Labute approximate surface area is 146 Å². The van der Waals surface area contributed by atoms with Gasteiger partial charge in [-0.1, -0.05) is 0 Å². The van der Waals surface area contributed by atoms with Gasteiger partial charge in [-0.3, -0.25) is 4.99 Å². The molecule has 0 unspecified atom stereocenters. The van der Waals surface area contributed by atoms with Crippen molar-refractivity contribution in [3.8, 4) is 0 Å². The summed E-state index contributed by atoms with van der Waals surface area (Å²) >= 11 is 0. The molecule has 0 saturated carbocycles. The van der Waals surface area contributed by atoms with Crippen LogP contribution in [-0.2, 0) is 6.18 Å². The van der Waals surface area contributed by atoms with E-state index >= 15 is 0 Å². The molecule has 1 fully saturated rings. The molecule has 3 heterocycles. The fourth-order valence-electron chi connectivity index (χ4n) is 3.12. The SMILES string of the molecule is CC1=NN2C(=NC1)c1cc(F)c(C(F)(F)F)cc1N=C2N1CCNCC1. The van der Waals surface area contributed by atoms with E-state index in [2.05, 4.69) is 20.4 Å². The number of amidine groups is 1. The average molecular weight is 368 g/mol. The van der Waals surface area contributed by atoms with E-state index in [9.17, 15) is 17.6 Å². The van der Waals surface area contributed by atoms with E-state index in [-0.39, 0.29) is 11.3 Å². The van der Waals surface area contributed by atoms with Gasteiger partial charge >= 0.3 is 6.18 Å². The zero-order valence-corrected chi connectivity index (χ0v) is 13.9. The van der Waals surface area contributed by atoms with Gasteiger partial charge < -0.3 is 10.2 Å². The number of aliphatic imine (C=N–C) groups is 2. The standard InChI is InChI=1S/C16H16F4N6/c1-9-8-22-14-10-6-12(17)11(16(18,19)20)7-13(10)23-15(26(14)24-9)25-4-2-21-3-5-25/h6-7,21H,2-5,8H2,1H3. The predicted octanol–water partition coefficient (Wildman–Crippen LogP) is 2.19. The number of nitrogens with zero attached hydrogens (tertiary/aromatic N) is 5. The summed E-state index contributed by atoms with van der Waals surface area (Å²) in [5.74, 6) is -0.607. The van der Waals surface area contributed by atoms with Crippen molar-refractivity contribution in [2.24, 2.45) is 15.1 Å². The van der Waals surface area contributed by atoms with Crippen molar-refractivity contribution in [1.29, 1.82) is 0 Å². The fraction of sp³-hybridized carbons (Fsp3) is 0.438. The van der Waals surface area contributed by atoms with Gasteiger partial charge in [-0.05, 0) is 19.1 Å². The van der Waals surface area contributed by atoms with Crippen LogP contribution in [-0.4, -0.2) is 60.1 Å². The van der Waals surface area contributed by atoms with Gasteiger partial charge in [0.2, 0.25) is 5.96 Å². The third-order valence-electron chi connectivity index (χ3n) is 4.37. The molecule has 1 aromatic carbocycles. The van der Waals surface area contributed by atoms with Crippen molar-refractivity contribution in [2.75, 3.05) is 32.7 Å². The number of piperazine rings is 1. The molecule has 0 radical (unpaired) electrons. The number of guanidine groups is 1. The first kappa shape index (κ1) is 17.0. The molecule has 1 N–H and O–H groups in total. The van der Waals surface area contributed by atoms with E-state index in [1.54, 1.807) is 6.92 Å². The van der Waals surface area contributed by atoms with E-state index in [1.807, 2.05) is 4.90 Å². The smallest absolute Gasteiger partial charge is 0.338 e. The minimum atomic E-state index is -4.79. The normalized spacial score (nSPS) is 20.1. The number of rotatable bonds is 0. The van der Waals surface area contributed by atoms with Gasteiger partial charge in [-0.15, -0.1) is 0 Å². The van der Waals surface area contributed by atoms with Gasteiger partial charge in [0.25, 0.3) is 0 Å². The lowest BCUT2D eigenvalue weighted by Gasteiger charge is -2.38. The lowest BCUT2D eigenvalue weighted by Crippen LogP contribution is -2.54. The van der Waals surface area contributed by atoms with Crippen molar-refractivity contribution in [2.45, 2.75) is 13.1 Å². The Morgan fingerprint density at radius 3 is 2.58 bits per heavy atom. The molecule has 1 saturated heterocycles. The summed E-state index contributed by atoms with van der Waals surface area (Å²) in [5, 5.41) is 9.15. The molecule has 0 bridgehead atoms. The lowest BCUT2D eigenvalue weighted by atomic mass is 10.0. The minimum Gasteiger partial charge on any atom is -0.338 e. The van der Waals surface area contributed by atoms with Crippen LogP contribution in [0.4, 0.5) is 23.2 Å². The van der Waals surface area contributed by atoms with Gasteiger partial charge in [0.05, 0.1) is 23.5 Å². The fourth-order valence-corrected chi connectivity index (χ4v) is 3.12. The first-order valence-electron chi connectivity index (χ1n) is 8.19. The van der Waals surface area contributed by atoms with E-state index < -0.39 is 17.6 Å². The van der Waals surface area contributed by atoms with Crippen LogP contribution in [0.25, 0.3) is 0 Å². The van der Waals surface area contributed by atoms with Crippen LogP contribution in [0.5, 0.6) is 0 Å². The van der Waals surface area contributed by atoms with Gasteiger partial charge in [0.15, 0.2) is 5.84 Å². The third-order valence-corrected chi connectivity index (χ3v) is 4.37. The number of benzene rings is 1. The number of hydrogen-bond donors (Lipinski definition) is 1. The number of hydrazone groups is 1. The summed E-state index contributed by atoms with van der Waals surface area (Å²) in [5.41, 5.74) is -0.320. The second-order valence-corrected chi connectivity index (χ2v) is 6.28. The molecule has 3 aliphatic rings. The molecule has 138 valence electrons. The molecule has 3 aliphatic heterocycles. The van der Waals surface area contributed by atoms with Gasteiger partial charge in [-0.25, -0.2) is 9.38 Å². The molecular formula is C16H16F4N6. The first-order valence-corrected chi connectivity index (χ1v) is 8.19.